The average molecular weight is 160 g/mol. The Morgan fingerprint density at radius 2 is 2.00 bits per heavy atom. The molecule has 11 heavy (non-hydrogen) atoms. The predicted molar refractivity (Wildman–Crippen MR) is 42.3 cm³/mol. The van der Waals surface area contributed by atoms with Crippen LogP contribution in [0.25, 0.3) is 0 Å². The van der Waals surface area contributed by atoms with Crippen LogP contribution in [0.1, 0.15) is 20.3 Å². The van der Waals surface area contributed by atoms with Crippen molar-refractivity contribution in [1.29, 1.82) is 0 Å². The molecule has 0 saturated heterocycles. The molecule has 0 bridgehead atoms. The fourth-order valence-corrected chi connectivity index (χ4v) is 0.855. The van der Waals surface area contributed by atoms with Crippen molar-refractivity contribution in [3.8, 4) is 0 Å². The summed E-state index contributed by atoms with van der Waals surface area (Å²) >= 11 is 0. The van der Waals surface area contributed by atoms with Crippen molar-refractivity contribution in [2.45, 2.75) is 20.3 Å². The molecule has 0 aromatic carbocycles. The summed E-state index contributed by atoms with van der Waals surface area (Å²) in [6.07, 6.45) is 0.359. The zero-order valence-electron chi connectivity index (χ0n) is 7.13. The first-order chi connectivity index (χ1) is 5.24. The van der Waals surface area contributed by atoms with Gasteiger partial charge >= 0.3 is 0 Å². The van der Waals surface area contributed by atoms with Crippen LogP contribution in [0.5, 0.6) is 0 Å². The van der Waals surface area contributed by atoms with Crippen LogP contribution in [0.3, 0.4) is 0 Å². The van der Waals surface area contributed by atoms with E-state index < -0.39 is 0 Å². The molecule has 1 amide bonds. The highest BCUT2D eigenvalue weighted by molar-refractivity contribution is 5.74. The number of carbonyl (C=O) groups is 1. The summed E-state index contributed by atoms with van der Waals surface area (Å²) in [6, 6.07) is 0. The minimum absolute atomic E-state index is 0.322. The Hall–Kier alpha value is -0.610. The molecule has 4 nitrogen and oxygen atoms in total. The Kier molecular flexibility index (Phi) is 5.78. The predicted octanol–water partition coefficient (Wildman–Crippen LogP) is 0.224. The van der Waals surface area contributed by atoms with Gasteiger partial charge in [-0.2, -0.15) is 0 Å². The second-order valence-electron chi connectivity index (χ2n) is 2.31. The van der Waals surface area contributed by atoms with Crippen LogP contribution < -0.4 is 5.48 Å². The van der Waals surface area contributed by atoms with E-state index in [0.29, 0.717) is 13.0 Å². The number of hydroxylamine groups is 1. The largest absolute Gasteiger partial charge is 0.303 e. The molecule has 0 saturated carbocycles. The molecule has 0 unspecified atom stereocenters. The summed E-state index contributed by atoms with van der Waals surface area (Å²) in [6.45, 7) is 6.67. The van der Waals surface area contributed by atoms with Gasteiger partial charge in [-0.05, 0) is 13.1 Å². The van der Waals surface area contributed by atoms with E-state index in [1.54, 1.807) is 5.48 Å². The van der Waals surface area contributed by atoms with Gasteiger partial charge in [-0.1, -0.05) is 13.8 Å². The number of hydrogen-bond donors (Lipinski definition) is 2. The maximum atomic E-state index is 10.6. The van der Waals surface area contributed by atoms with Gasteiger partial charge in [-0.25, -0.2) is 5.48 Å². The highest BCUT2D eigenvalue weighted by atomic mass is 16.5. The Morgan fingerprint density at radius 3 is 2.36 bits per heavy atom. The van der Waals surface area contributed by atoms with Crippen molar-refractivity contribution in [3.63, 3.8) is 0 Å². The average Bonchev–Trinajstić information content (AvgIpc) is 2.06. The second-order valence-corrected chi connectivity index (χ2v) is 2.31. The third-order valence-electron chi connectivity index (χ3n) is 1.67. The standard InChI is InChI=1S/C7H16N2O2/c1-3-9(4-2)6-5-7(10)8-11/h11H,3-6H2,1-2H3,(H,8,10). The van der Waals surface area contributed by atoms with Crippen molar-refractivity contribution in [2.24, 2.45) is 0 Å². The van der Waals surface area contributed by atoms with Crippen LogP contribution in [0.15, 0.2) is 0 Å². The highest BCUT2D eigenvalue weighted by Crippen LogP contribution is 1.89. The van der Waals surface area contributed by atoms with Gasteiger partial charge in [0.1, 0.15) is 0 Å². The molecule has 0 aliphatic rings. The lowest BCUT2D eigenvalue weighted by atomic mass is 10.3. The lowest BCUT2D eigenvalue weighted by Crippen LogP contribution is -2.29. The zero-order chi connectivity index (χ0) is 8.69. The number of amides is 1. The molecule has 0 heterocycles. The maximum Gasteiger partial charge on any atom is 0.244 e. The summed E-state index contributed by atoms with van der Waals surface area (Å²) in [7, 11) is 0. The van der Waals surface area contributed by atoms with E-state index in [2.05, 4.69) is 4.90 Å². The first-order valence-corrected chi connectivity index (χ1v) is 3.89. The normalized spacial score (nSPS) is 10.2. The van der Waals surface area contributed by atoms with Gasteiger partial charge in [-0.15, -0.1) is 0 Å². The summed E-state index contributed by atoms with van der Waals surface area (Å²) in [5.74, 6) is -0.322. The lowest BCUT2D eigenvalue weighted by Gasteiger charge is -2.16. The van der Waals surface area contributed by atoms with Gasteiger partial charge in [0.25, 0.3) is 0 Å². The van der Waals surface area contributed by atoms with E-state index in [1.165, 1.54) is 0 Å². The molecule has 0 radical (unpaired) electrons. The second kappa shape index (κ2) is 6.12. The molecular formula is C7H16N2O2. The van der Waals surface area contributed by atoms with E-state index in [0.717, 1.165) is 13.1 Å². The van der Waals surface area contributed by atoms with E-state index in [4.69, 9.17) is 5.21 Å². The van der Waals surface area contributed by atoms with Gasteiger partial charge in [0.2, 0.25) is 5.91 Å². The Bertz CT molecular complexity index is 113. The summed E-state index contributed by atoms with van der Waals surface area (Å²) in [4.78, 5) is 12.7. The molecule has 0 aromatic rings. The molecular weight excluding hydrogens is 144 g/mol. The Morgan fingerprint density at radius 1 is 1.45 bits per heavy atom. The van der Waals surface area contributed by atoms with E-state index in [9.17, 15) is 4.79 Å². The smallest absolute Gasteiger partial charge is 0.244 e. The molecule has 2 N–H and O–H groups in total. The van der Waals surface area contributed by atoms with Gasteiger partial charge in [-0.3, -0.25) is 10.0 Å². The lowest BCUT2D eigenvalue weighted by molar-refractivity contribution is -0.129. The number of nitrogens with zero attached hydrogens (tertiary/aromatic N) is 1. The summed E-state index contributed by atoms with van der Waals surface area (Å²) in [5.41, 5.74) is 1.60. The fourth-order valence-electron chi connectivity index (χ4n) is 0.855. The van der Waals surface area contributed by atoms with E-state index in [-0.39, 0.29) is 5.91 Å². The molecule has 0 spiro atoms. The first kappa shape index (κ1) is 10.4. The van der Waals surface area contributed by atoms with Crippen molar-refractivity contribution in [2.75, 3.05) is 19.6 Å². The zero-order valence-corrected chi connectivity index (χ0v) is 7.13. The van der Waals surface area contributed by atoms with Gasteiger partial charge < -0.3 is 4.90 Å². The van der Waals surface area contributed by atoms with Gasteiger partial charge in [0.05, 0.1) is 0 Å². The van der Waals surface area contributed by atoms with Crippen LogP contribution in [0.2, 0.25) is 0 Å². The number of carbonyl (C=O) groups excluding carboxylic acids is 1. The molecule has 0 aliphatic carbocycles. The van der Waals surface area contributed by atoms with Crippen molar-refractivity contribution in [3.05, 3.63) is 0 Å². The van der Waals surface area contributed by atoms with Gasteiger partial charge in [0, 0.05) is 13.0 Å². The van der Waals surface area contributed by atoms with Crippen molar-refractivity contribution in [1.82, 2.24) is 10.4 Å². The minimum Gasteiger partial charge on any atom is -0.303 e. The summed E-state index contributed by atoms with van der Waals surface area (Å²) in [5, 5.41) is 8.18. The monoisotopic (exact) mass is 160 g/mol. The molecule has 0 aliphatic heterocycles. The third-order valence-corrected chi connectivity index (χ3v) is 1.67. The number of nitrogens with one attached hydrogen (secondary N) is 1. The van der Waals surface area contributed by atoms with Crippen LogP contribution in [-0.4, -0.2) is 35.6 Å². The molecule has 0 atom stereocenters. The van der Waals surface area contributed by atoms with Crippen LogP contribution >= 0.6 is 0 Å². The SMILES string of the molecule is CCN(CC)CCC(=O)NO. The Balaban J connectivity index is 3.42. The molecule has 0 rings (SSSR count). The molecule has 66 valence electrons. The van der Waals surface area contributed by atoms with Gasteiger partial charge in [0.15, 0.2) is 0 Å². The number of rotatable bonds is 5. The topological polar surface area (TPSA) is 52.6 Å². The van der Waals surface area contributed by atoms with E-state index >= 15 is 0 Å². The van der Waals surface area contributed by atoms with E-state index in [1.807, 2.05) is 13.8 Å². The van der Waals surface area contributed by atoms with Crippen LogP contribution in [-0.2, 0) is 4.79 Å². The maximum absolute atomic E-state index is 10.6. The quantitative estimate of drug-likeness (QED) is 0.447. The molecule has 0 fully saturated rings. The van der Waals surface area contributed by atoms with Crippen molar-refractivity contribution < 1.29 is 10.0 Å². The van der Waals surface area contributed by atoms with Crippen LogP contribution in [0.4, 0.5) is 0 Å². The first-order valence-electron chi connectivity index (χ1n) is 3.89. The number of hydrogen-bond acceptors (Lipinski definition) is 3. The highest BCUT2D eigenvalue weighted by Gasteiger charge is 2.02. The molecule has 0 aromatic heterocycles. The summed E-state index contributed by atoms with van der Waals surface area (Å²) < 4.78 is 0. The van der Waals surface area contributed by atoms with Crippen molar-refractivity contribution >= 4 is 5.91 Å². The van der Waals surface area contributed by atoms with Crippen LogP contribution in [0, 0.1) is 0 Å². The molecule has 4 heteroatoms. The Labute approximate surface area is 67.1 Å². The minimum atomic E-state index is -0.322. The third kappa shape index (κ3) is 4.75. The fraction of sp³-hybridized carbons (Fsp3) is 0.857.